The van der Waals surface area contributed by atoms with Gasteiger partial charge in [-0.3, -0.25) is 10.1 Å². The molecule has 178 valence electrons. The zero-order valence-electron chi connectivity index (χ0n) is 18.7. The largest absolute Gasteiger partial charge is 0.481 e. The highest BCUT2D eigenvalue weighted by atomic mass is 32.2. The van der Waals surface area contributed by atoms with E-state index in [2.05, 4.69) is 17.9 Å². The number of nitrogens with zero attached hydrogens (tertiary/aromatic N) is 2. The second-order valence-electron chi connectivity index (χ2n) is 7.69. The van der Waals surface area contributed by atoms with Crippen LogP contribution < -0.4 is 10.2 Å². The topological polar surface area (TPSA) is 129 Å². The van der Waals surface area contributed by atoms with E-state index < -0.39 is 20.9 Å². The number of amides is 1. The number of ether oxygens (including phenoxy) is 2. The molecule has 2 N–H and O–H groups in total. The molecule has 1 heterocycles. The van der Waals surface area contributed by atoms with Crippen LogP contribution in [-0.4, -0.2) is 49.2 Å². The number of hydroxylamine groups is 1. The van der Waals surface area contributed by atoms with Crippen molar-refractivity contribution in [2.45, 2.75) is 36.1 Å². The summed E-state index contributed by atoms with van der Waals surface area (Å²) in [7, 11) is -4.12. The maximum Gasteiger partial charge on any atom is 0.432 e. The van der Waals surface area contributed by atoms with E-state index in [0.29, 0.717) is 30.9 Å². The van der Waals surface area contributed by atoms with Gasteiger partial charge in [-0.25, -0.2) is 18.7 Å². The Balaban J connectivity index is 1.78. The number of carbonyl (C=O) groups excluding carboxylic acids is 1. The Bertz CT molecular complexity index is 1200. The summed E-state index contributed by atoms with van der Waals surface area (Å²) in [6.45, 7) is 3.11. The molecule has 0 bridgehead atoms. The molecule has 9 nitrogen and oxygen atoms in total. The van der Waals surface area contributed by atoms with Crippen LogP contribution in [0.15, 0.2) is 53.4 Å². The molecule has 1 aliphatic heterocycles. The van der Waals surface area contributed by atoms with Crippen molar-refractivity contribution in [3.8, 4) is 23.7 Å². The Hall–Kier alpha value is -3.57. The fraction of sp³-hybridized carbons (Fsp3) is 0.333. The lowest BCUT2D eigenvalue weighted by Gasteiger charge is -2.40. The number of rotatable bonds is 7. The molecule has 0 spiro atoms. The smallest absolute Gasteiger partial charge is 0.432 e. The first-order valence-electron chi connectivity index (χ1n) is 10.5. The highest BCUT2D eigenvalue weighted by Crippen LogP contribution is 2.37. The van der Waals surface area contributed by atoms with Crippen LogP contribution in [0.25, 0.3) is 0 Å². The molecular weight excluding hydrogens is 458 g/mol. The van der Waals surface area contributed by atoms with E-state index in [1.54, 1.807) is 19.1 Å². The predicted octanol–water partition coefficient (Wildman–Crippen LogP) is 2.84. The van der Waals surface area contributed by atoms with Crippen LogP contribution in [0.2, 0.25) is 0 Å². The lowest BCUT2D eigenvalue weighted by molar-refractivity contribution is 0.000287. The minimum atomic E-state index is -4.12. The molecule has 1 aliphatic rings. The Labute approximate surface area is 198 Å². The van der Waals surface area contributed by atoms with Crippen molar-refractivity contribution in [2.24, 2.45) is 0 Å². The molecule has 2 aromatic rings. The minimum absolute atomic E-state index is 0.0172. The van der Waals surface area contributed by atoms with Crippen molar-refractivity contribution < 1.29 is 27.9 Å². The van der Waals surface area contributed by atoms with Crippen molar-refractivity contribution in [3.05, 3.63) is 59.7 Å². The highest BCUT2D eigenvalue weighted by molar-refractivity contribution is 7.92. The lowest BCUT2D eigenvalue weighted by atomic mass is 10.1. The normalized spacial score (nSPS) is 15.3. The summed E-state index contributed by atoms with van der Waals surface area (Å²) in [4.78, 5) is 12.1. The van der Waals surface area contributed by atoms with Gasteiger partial charge in [-0.05, 0) is 48.9 Å². The monoisotopic (exact) mass is 483 g/mol. The fourth-order valence-corrected chi connectivity index (χ4v) is 5.56. The van der Waals surface area contributed by atoms with Crippen LogP contribution >= 0.6 is 0 Å². The van der Waals surface area contributed by atoms with Gasteiger partial charge in [-0.2, -0.15) is 5.26 Å². The zero-order chi connectivity index (χ0) is 24.6. The molecule has 1 saturated heterocycles. The third-order valence-corrected chi connectivity index (χ3v) is 7.95. The van der Waals surface area contributed by atoms with Crippen molar-refractivity contribution in [3.63, 3.8) is 0 Å². The molecule has 0 radical (unpaired) electrons. The van der Waals surface area contributed by atoms with Gasteiger partial charge in [0.25, 0.3) is 0 Å². The molecule has 0 unspecified atom stereocenters. The fourth-order valence-electron chi connectivity index (χ4n) is 3.73. The molecule has 0 aliphatic carbocycles. The molecule has 3 rings (SSSR count). The van der Waals surface area contributed by atoms with Gasteiger partial charge < -0.3 is 9.47 Å². The Morgan fingerprint density at radius 1 is 1.15 bits per heavy atom. The average molecular weight is 484 g/mol. The second kappa shape index (κ2) is 11.0. The molecule has 2 aromatic carbocycles. The summed E-state index contributed by atoms with van der Waals surface area (Å²) in [6.07, 6.45) is -1.20. The summed E-state index contributed by atoms with van der Waals surface area (Å²) in [5, 5.41) is 17.9. The van der Waals surface area contributed by atoms with E-state index in [-0.39, 0.29) is 24.3 Å². The highest BCUT2D eigenvalue weighted by Gasteiger charge is 2.50. The number of nitriles is 1. The zero-order valence-corrected chi connectivity index (χ0v) is 19.5. The second-order valence-corrected chi connectivity index (χ2v) is 9.91. The van der Waals surface area contributed by atoms with Gasteiger partial charge in [0.05, 0.1) is 16.5 Å². The third-order valence-electron chi connectivity index (χ3n) is 5.59. The number of carbonyl (C=O) groups is 1. The molecule has 1 fully saturated rings. The van der Waals surface area contributed by atoms with E-state index in [4.69, 9.17) is 19.9 Å². The number of hydrogen-bond donors (Lipinski definition) is 2. The number of likely N-dealkylation sites (tertiary alicyclic amines) is 1. The number of benzene rings is 2. The first kappa shape index (κ1) is 25.1. The van der Waals surface area contributed by atoms with Gasteiger partial charge in [0.1, 0.15) is 12.4 Å². The summed E-state index contributed by atoms with van der Waals surface area (Å²) in [5.41, 5.74) is 2.90. The van der Waals surface area contributed by atoms with E-state index >= 15 is 0 Å². The molecule has 10 heteroatoms. The summed E-state index contributed by atoms with van der Waals surface area (Å²) >= 11 is 0. The van der Waals surface area contributed by atoms with Gasteiger partial charge in [0, 0.05) is 32.5 Å². The minimum Gasteiger partial charge on any atom is -0.481 e. The molecule has 0 aromatic heterocycles. The van der Waals surface area contributed by atoms with E-state index in [0.717, 1.165) is 5.56 Å². The summed E-state index contributed by atoms with van der Waals surface area (Å²) in [5.74, 6) is 5.92. The van der Waals surface area contributed by atoms with Crippen molar-refractivity contribution in [1.82, 2.24) is 10.4 Å². The maximum absolute atomic E-state index is 13.6. The number of hydrogen-bond acceptors (Lipinski definition) is 8. The predicted molar refractivity (Wildman–Crippen MR) is 122 cm³/mol. The van der Waals surface area contributed by atoms with Crippen LogP contribution in [0.4, 0.5) is 4.79 Å². The average Bonchev–Trinajstić information content (AvgIpc) is 2.86. The van der Waals surface area contributed by atoms with Crippen LogP contribution in [0.5, 0.6) is 5.75 Å². The Morgan fingerprint density at radius 2 is 1.79 bits per heavy atom. The first-order valence-corrected chi connectivity index (χ1v) is 12.0. The van der Waals surface area contributed by atoms with Crippen molar-refractivity contribution in [2.75, 3.05) is 19.7 Å². The molecule has 1 amide bonds. The van der Waals surface area contributed by atoms with Crippen LogP contribution in [0, 0.1) is 23.2 Å². The van der Waals surface area contributed by atoms with E-state index in [1.165, 1.54) is 29.7 Å². The van der Waals surface area contributed by atoms with Gasteiger partial charge in [-0.1, -0.05) is 18.1 Å². The van der Waals surface area contributed by atoms with Crippen LogP contribution in [-0.2, 0) is 21.1 Å². The lowest BCUT2D eigenvalue weighted by Crippen LogP contribution is -2.52. The van der Waals surface area contributed by atoms with Gasteiger partial charge in [-0.15, -0.1) is 5.92 Å². The molecular formula is C24H25N3O6S. The quantitative estimate of drug-likeness (QED) is 0.349. The van der Waals surface area contributed by atoms with Gasteiger partial charge in [0.15, 0.2) is 0 Å². The third kappa shape index (κ3) is 5.67. The molecule has 34 heavy (non-hydrogen) atoms. The van der Waals surface area contributed by atoms with E-state index in [9.17, 15) is 13.2 Å². The van der Waals surface area contributed by atoms with Crippen molar-refractivity contribution in [1.29, 1.82) is 5.26 Å². The van der Waals surface area contributed by atoms with Gasteiger partial charge >= 0.3 is 6.09 Å². The Kier molecular flexibility index (Phi) is 8.13. The number of piperidine rings is 1. The molecule has 0 saturated carbocycles. The van der Waals surface area contributed by atoms with Crippen molar-refractivity contribution >= 4 is 15.9 Å². The SMILES string of the molecule is CC#CCOc1ccc(S(=O)(=O)C2(OC(=O)NO)CCN(Cc3ccc(C#N)cc3)CC2)cc1. The first-order chi connectivity index (χ1) is 16.3. The Morgan fingerprint density at radius 3 is 2.35 bits per heavy atom. The summed E-state index contributed by atoms with van der Waals surface area (Å²) < 4.78 is 37.9. The standard InChI is InChI=1S/C24H25N3O6S/c1-2-3-16-32-21-8-10-22(11-9-21)34(30,31)24(33-23(28)26-29)12-14-27(15-13-24)18-20-6-4-19(17-25)5-7-20/h4-11,29H,12-16,18H2,1H3,(H,26,28). The van der Waals surface area contributed by atoms with Crippen LogP contribution in [0.3, 0.4) is 0 Å². The molecule has 0 atom stereocenters. The van der Waals surface area contributed by atoms with Crippen LogP contribution in [0.1, 0.15) is 30.9 Å². The van der Waals surface area contributed by atoms with E-state index in [1.807, 2.05) is 17.0 Å². The maximum atomic E-state index is 13.6. The number of nitrogens with one attached hydrogen (secondary N) is 1. The summed E-state index contributed by atoms with van der Waals surface area (Å²) in [6, 6.07) is 15.1. The van der Waals surface area contributed by atoms with Gasteiger partial charge in [0.2, 0.25) is 14.8 Å². The number of sulfone groups is 1.